The molecule has 0 unspecified atom stereocenters. The second-order valence-corrected chi connectivity index (χ2v) is 6.91. The molecule has 2 aliphatic heterocycles. The summed E-state index contributed by atoms with van der Waals surface area (Å²) in [6.45, 7) is 7.40. The number of carbonyl (C=O) groups is 1. The summed E-state index contributed by atoms with van der Waals surface area (Å²) >= 11 is 0. The topological polar surface area (TPSA) is 69.9 Å². The lowest BCUT2D eigenvalue weighted by Crippen LogP contribution is -2.55. The highest BCUT2D eigenvalue weighted by Gasteiger charge is 2.29. The molecule has 8 heteroatoms. The highest BCUT2D eigenvalue weighted by molar-refractivity contribution is 5.81. The lowest BCUT2D eigenvalue weighted by molar-refractivity contribution is -0.137. The molecule has 4 heterocycles. The third-order valence-electron chi connectivity index (χ3n) is 5.36. The first-order valence-corrected chi connectivity index (χ1v) is 9.17. The summed E-state index contributed by atoms with van der Waals surface area (Å²) in [7, 11) is 0. The van der Waals surface area contributed by atoms with Gasteiger partial charge in [-0.3, -0.25) is 9.69 Å². The van der Waals surface area contributed by atoms with E-state index in [9.17, 15) is 4.79 Å². The van der Waals surface area contributed by atoms with Crippen LogP contribution in [0.15, 0.2) is 18.5 Å². The Morgan fingerprint density at radius 2 is 1.80 bits per heavy atom. The number of hydrogen-bond donors (Lipinski definition) is 0. The van der Waals surface area contributed by atoms with E-state index in [0.717, 1.165) is 63.6 Å². The van der Waals surface area contributed by atoms with Gasteiger partial charge < -0.3 is 9.80 Å². The van der Waals surface area contributed by atoms with Crippen molar-refractivity contribution in [3.63, 3.8) is 0 Å². The van der Waals surface area contributed by atoms with Gasteiger partial charge in [0, 0.05) is 39.3 Å². The minimum absolute atomic E-state index is 0.0338. The van der Waals surface area contributed by atoms with E-state index in [1.807, 2.05) is 24.0 Å². The van der Waals surface area contributed by atoms with Crippen LogP contribution in [0.2, 0.25) is 0 Å². The number of amides is 1. The molecule has 1 amide bonds. The maximum atomic E-state index is 12.7. The molecule has 0 aromatic carbocycles. The summed E-state index contributed by atoms with van der Waals surface area (Å²) in [6.07, 6.45) is 5.15. The van der Waals surface area contributed by atoms with Gasteiger partial charge in [-0.1, -0.05) is 0 Å². The predicted molar refractivity (Wildman–Crippen MR) is 94.5 cm³/mol. The summed E-state index contributed by atoms with van der Waals surface area (Å²) in [5.41, 5.74) is 0.753. The zero-order valence-corrected chi connectivity index (χ0v) is 14.7. The zero-order chi connectivity index (χ0) is 17.2. The quantitative estimate of drug-likeness (QED) is 0.815. The van der Waals surface area contributed by atoms with Crippen LogP contribution in [0.1, 0.15) is 26.2 Å². The molecule has 0 spiro atoms. The average Bonchev–Trinajstić information content (AvgIpc) is 3.15. The van der Waals surface area contributed by atoms with Gasteiger partial charge in [-0.15, -0.1) is 15.3 Å². The number of carbonyl (C=O) groups excluding carboxylic acids is 1. The van der Waals surface area contributed by atoms with Gasteiger partial charge in [0.15, 0.2) is 5.65 Å². The first-order chi connectivity index (χ1) is 12.2. The van der Waals surface area contributed by atoms with Crippen molar-refractivity contribution in [2.45, 2.75) is 32.2 Å². The molecule has 2 aliphatic rings. The number of aromatic nitrogens is 4. The molecule has 8 nitrogen and oxygen atoms in total. The van der Waals surface area contributed by atoms with Crippen molar-refractivity contribution in [1.29, 1.82) is 0 Å². The molecule has 25 heavy (non-hydrogen) atoms. The molecule has 134 valence electrons. The maximum Gasteiger partial charge on any atom is 0.239 e. The summed E-state index contributed by atoms with van der Waals surface area (Å²) in [4.78, 5) is 19.3. The van der Waals surface area contributed by atoms with Gasteiger partial charge in [-0.05, 0) is 38.3 Å². The second kappa shape index (κ2) is 6.95. The molecule has 2 aromatic heterocycles. The summed E-state index contributed by atoms with van der Waals surface area (Å²) in [5, 5.41) is 12.4. The van der Waals surface area contributed by atoms with Gasteiger partial charge in [-0.25, -0.2) is 0 Å². The van der Waals surface area contributed by atoms with Crippen LogP contribution in [-0.2, 0) is 4.79 Å². The molecular weight excluding hydrogens is 318 g/mol. The van der Waals surface area contributed by atoms with E-state index < -0.39 is 0 Å². The summed E-state index contributed by atoms with van der Waals surface area (Å²) < 4.78 is 1.70. The monoisotopic (exact) mass is 343 g/mol. The van der Waals surface area contributed by atoms with Crippen LogP contribution in [0.25, 0.3) is 5.65 Å². The van der Waals surface area contributed by atoms with E-state index in [1.165, 1.54) is 6.42 Å². The SMILES string of the molecule is C[C@H](C(=O)N1CCCCC1)N1CCN(c2ccc3nncn3n2)CC1. The van der Waals surface area contributed by atoms with Gasteiger partial charge in [0.1, 0.15) is 12.1 Å². The fourth-order valence-corrected chi connectivity index (χ4v) is 3.76. The number of piperidine rings is 1. The van der Waals surface area contributed by atoms with E-state index in [-0.39, 0.29) is 11.9 Å². The third-order valence-corrected chi connectivity index (χ3v) is 5.36. The van der Waals surface area contributed by atoms with Gasteiger partial charge in [0.2, 0.25) is 5.91 Å². The van der Waals surface area contributed by atoms with Crippen molar-refractivity contribution in [2.75, 3.05) is 44.2 Å². The molecular formula is C17H25N7O. The molecule has 0 radical (unpaired) electrons. The van der Waals surface area contributed by atoms with Gasteiger partial charge in [0.05, 0.1) is 6.04 Å². The van der Waals surface area contributed by atoms with Gasteiger partial charge in [-0.2, -0.15) is 4.52 Å². The molecule has 0 aliphatic carbocycles. The van der Waals surface area contributed by atoms with E-state index >= 15 is 0 Å². The van der Waals surface area contributed by atoms with Crippen LogP contribution in [0, 0.1) is 0 Å². The minimum atomic E-state index is -0.0338. The molecule has 2 aromatic rings. The van der Waals surface area contributed by atoms with Gasteiger partial charge in [0.25, 0.3) is 0 Å². The molecule has 4 rings (SSSR count). The molecule has 0 N–H and O–H groups in total. The van der Waals surface area contributed by atoms with Crippen molar-refractivity contribution in [1.82, 2.24) is 29.6 Å². The number of hydrogen-bond acceptors (Lipinski definition) is 6. The van der Waals surface area contributed by atoms with E-state index in [1.54, 1.807) is 10.8 Å². The molecule has 0 bridgehead atoms. The van der Waals surface area contributed by atoms with Crippen LogP contribution >= 0.6 is 0 Å². The molecule has 1 atom stereocenters. The normalized spacial score (nSPS) is 20.8. The maximum absolute atomic E-state index is 12.7. The van der Waals surface area contributed by atoms with E-state index in [0.29, 0.717) is 0 Å². The number of likely N-dealkylation sites (tertiary alicyclic amines) is 1. The summed E-state index contributed by atoms with van der Waals surface area (Å²) in [6, 6.07) is 3.89. The highest BCUT2D eigenvalue weighted by atomic mass is 16.2. The second-order valence-electron chi connectivity index (χ2n) is 6.91. The van der Waals surface area contributed by atoms with Crippen LogP contribution < -0.4 is 4.90 Å². The van der Waals surface area contributed by atoms with Crippen LogP contribution in [-0.4, -0.2) is 80.8 Å². The number of rotatable bonds is 3. The van der Waals surface area contributed by atoms with E-state index in [4.69, 9.17) is 0 Å². The number of fused-ring (bicyclic) bond motifs is 1. The minimum Gasteiger partial charge on any atom is -0.353 e. The van der Waals surface area contributed by atoms with Crippen molar-refractivity contribution >= 4 is 17.4 Å². The molecule has 2 saturated heterocycles. The van der Waals surface area contributed by atoms with Crippen LogP contribution in [0.3, 0.4) is 0 Å². The van der Waals surface area contributed by atoms with Crippen molar-refractivity contribution in [3.8, 4) is 0 Å². The lowest BCUT2D eigenvalue weighted by atomic mass is 10.1. The molecule has 2 fully saturated rings. The standard InChI is InChI=1S/C17H25N7O/c1-14(17(25)23-7-3-2-4-8-23)21-9-11-22(12-10-21)16-6-5-15-19-18-13-24(15)20-16/h5-6,13-14H,2-4,7-12H2,1H3/t14-/m1/s1. The van der Waals surface area contributed by atoms with Crippen LogP contribution in [0.5, 0.6) is 0 Å². The number of nitrogens with zero attached hydrogens (tertiary/aromatic N) is 7. The zero-order valence-electron chi connectivity index (χ0n) is 14.7. The fraction of sp³-hybridized carbons (Fsp3) is 0.647. The smallest absolute Gasteiger partial charge is 0.239 e. The Bertz CT molecular complexity index is 731. The highest BCUT2D eigenvalue weighted by Crippen LogP contribution is 2.17. The summed E-state index contributed by atoms with van der Waals surface area (Å²) in [5.74, 6) is 1.22. The van der Waals surface area contributed by atoms with Crippen molar-refractivity contribution in [2.24, 2.45) is 0 Å². The fourth-order valence-electron chi connectivity index (χ4n) is 3.76. The van der Waals surface area contributed by atoms with Gasteiger partial charge >= 0.3 is 0 Å². The molecule has 0 saturated carbocycles. The Kier molecular flexibility index (Phi) is 4.52. The van der Waals surface area contributed by atoms with Crippen molar-refractivity contribution < 1.29 is 4.79 Å². The predicted octanol–water partition coefficient (Wildman–Crippen LogP) is 0.647. The third kappa shape index (κ3) is 3.30. The Morgan fingerprint density at radius 1 is 1.04 bits per heavy atom. The van der Waals surface area contributed by atoms with Crippen molar-refractivity contribution in [3.05, 3.63) is 18.5 Å². The Labute approximate surface area is 147 Å². The first kappa shape index (κ1) is 16.3. The Balaban J connectivity index is 1.36. The van der Waals surface area contributed by atoms with E-state index in [2.05, 4.69) is 25.1 Å². The lowest BCUT2D eigenvalue weighted by Gasteiger charge is -2.39. The first-order valence-electron chi connectivity index (χ1n) is 9.17. The number of piperazine rings is 1. The Hall–Kier alpha value is -2.22. The largest absolute Gasteiger partial charge is 0.353 e. The average molecular weight is 343 g/mol. The number of anilines is 1. The van der Waals surface area contributed by atoms with Crippen LogP contribution in [0.4, 0.5) is 5.82 Å². The Morgan fingerprint density at radius 3 is 2.56 bits per heavy atom.